The average Bonchev–Trinajstić information content (AvgIpc) is 2.66. The van der Waals surface area contributed by atoms with Crippen molar-refractivity contribution in [3.8, 4) is 0 Å². The highest BCUT2D eigenvalue weighted by Crippen LogP contribution is 2.09. The number of nitrogens with zero attached hydrogens (tertiary/aromatic N) is 2. The SMILES string of the molecule is Cc1ccc(CNc2nc(C)cc(C(=O)NCc3ccccc3)n2)cc1. The van der Waals surface area contributed by atoms with E-state index in [-0.39, 0.29) is 5.91 Å². The first-order chi connectivity index (χ1) is 12.6. The maximum atomic E-state index is 12.4. The quantitative estimate of drug-likeness (QED) is 0.715. The molecule has 5 heteroatoms. The zero-order valence-corrected chi connectivity index (χ0v) is 15.0. The topological polar surface area (TPSA) is 66.9 Å². The van der Waals surface area contributed by atoms with E-state index < -0.39 is 0 Å². The first-order valence-corrected chi connectivity index (χ1v) is 8.57. The van der Waals surface area contributed by atoms with E-state index in [0.29, 0.717) is 24.7 Å². The molecule has 5 nitrogen and oxygen atoms in total. The Bertz CT molecular complexity index is 876. The van der Waals surface area contributed by atoms with E-state index in [2.05, 4.69) is 51.8 Å². The number of aryl methyl sites for hydroxylation is 2. The molecule has 3 aromatic rings. The molecule has 0 saturated heterocycles. The van der Waals surface area contributed by atoms with Crippen LogP contribution in [-0.4, -0.2) is 15.9 Å². The predicted octanol–water partition coefficient (Wildman–Crippen LogP) is 3.64. The van der Waals surface area contributed by atoms with Crippen molar-refractivity contribution >= 4 is 11.9 Å². The van der Waals surface area contributed by atoms with Crippen LogP contribution in [-0.2, 0) is 13.1 Å². The van der Waals surface area contributed by atoms with Gasteiger partial charge in [-0.2, -0.15) is 0 Å². The summed E-state index contributed by atoms with van der Waals surface area (Å²) in [5, 5.41) is 6.08. The number of anilines is 1. The number of carbonyl (C=O) groups excluding carboxylic acids is 1. The molecule has 132 valence electrons. The van der Waals surface area contributed by atoms with Gasteiger partial charge in [0, 0.05) is 18.8 Å². The van der Waals surface area contributed by atoms with Gasteiger partial charge in [0.1, 0.15) is 5.69 Å². The monoisotopic (exact) mass is 346 g/mol. The van der Waals surface area contributed by atoms with E-state index in [1.807, 2.05) is 37.3 Å². The summed E-state index contributed by atoms with van der Waals surface area (Å²) in [6.45, 7) is 4.98. The van der Waals surface area contributed by atoms with Crippen molar-refractivity contribution < 1.29 is 4.79 Å². The molecule has 0 spiro atoms. The molecule has 26 heavy (non-hydrogen) atoms. The molecule has 2 aromatic carbocycles. The summed E-state index contributed by atoms with van der Waals surface area (Å²) >= 11 is 0. The third-order valence-electron chi connectivity index (χ3n) is 3.95. The first kappa shape index (κ1) is 17.6. The fourth-order valence-corrected chi connectivity index (χ4v) is 2.52. The van der Waals surface area contributed by atoms with Crippen molar-refractivity contribution in [2.45, 2.75) is 26.9 Å². The van der Waals surface area contributed by atoms with Gasteiger partial charge in [0.05, 0.1) is 0 Å². The molecule has 1 heterocycles. The second-order valence-electron chi connectivity index (χ2n) is 6.23. The van der Waals surface area contributed by atoms with E-state index in [4.69, 9.17) is 0 Å². The Balaban J connectivity index is 1.64. The van der Waals surface area contributed by atoms with Crippen LogP contribution in [0.2, 0.25) is 0 Å². The van der Waals surface area contributed by atoms with Crippen LogP contribution in [0.5, 0.6) is 0 Å². The molecule has 1 amide bonds. The fraction of sp³-hybridized carbons (Fsp3) is 0.190. The van der Waals surface area contributed by atoms with Crippen LogP contribution in [0.4, 0.5) is 5.95 Å². The number of rotatable bonds is 6. The molecule has 0 aliphatic rings. The van der Waals surface area contributed by atoms with Crippen LogP contribution in [0.25, 0.3) is 0 Å². The van der Waals surface area contributed by atoms with Crippen molar-refractivity contribution in [2.24, 2.45) is 0 Å². The zero-order valence-electron chi connectivity index (χ0n) is 15.0. The molecule has 2 N–H and O–H groups in total. The number of amides is 1. The molecule has 0 fully saturated rings. The Morgan fingerprint density at radius 3 is 2.31 bits per heavy atom. The summed E-state index contributed by atoms with van der Waals surface area (Å²) in [6, 6.07) is 19.7. The third kappa shape index (κ3) is 4.89. The molecule has 0 radical (unpaired) electrons. The number of benzene rings is 2. The lowest BCUT2D eigenvalue weighted by molar-refractivity contribution is 0.0945. The van der Waals surface area contributed by atoms with Crippen LogP contribution in [0.15, 0.2) is 60.7 Å². The Kier molecular flexibility index (Phi) is 5.59. The smallest absolute Gasteiger partial charge is 0.270 e. The van der Waals surface area contributed by atoms with Crippen LogP contribution in [0.3, 0.4) is 0 Å². The standard InChI is InChI=1S/C21H22N4O/c1-15-8-10-18(11-9-15)14-23-21-24-16(2)12-19(25-21)20(26)22-13-17-6-4-3-5-7-17/h3-12H,13-14H2,1-2H3,(H,22,26)(H,23,24,25). The molecule has 0 aliphatic carbocycles. The molecule has 1 aromatic heterocycles. The Morgan fingerprint density at radius 1 is 0.885 bits per heavy atom. The van der Waals surface area contributed by atoms with Crippen molar-refractivity contribution in [1.29, 1.82) is 0 Å². The lowest BCUT2D eigenvalue weighted by Gasteiger charge is -2.09. The van der Waals surface area contributed by atoms with Gasteiger partial charge < -0.3 is 10.6 Å². The second kappa shape index (κ2) is 8.25. The predicted molar refractivity (Wildman–Crippen MR) is 103 cm³/mol. The highest BCUT2D eigenvalue weighted by Gasteiger charge is 2.10. The Morgan fingerprint density at radius 2 is 1.58 bits per heavy atom. The van der Waals surface area contributed by atoms with Gasteiger partial charge in [0.2, 0.25) is 5.95 Å². The van der Waals surface area contributed by atoms with Crippen LogP contribution in [0, 0.1) is 13.8 Å². The molecule has 0 atom stereocenters. The lowest BCUT2D eigenvalue weighted by atomic mass is 10.1. The number of carbonyl (C=O) groups is 1. The summed E-state index contributed by atoms with van der Waals surface area (Å²) in [7, 11) is 0. The number of nitrogens with one attached hydrogen (secondary N) is 2. The number of aromatic nitrogens is 2. The first-order valence-electron chi connectivity index (χ1n) is 8.57. The molecular formula is C21H22N4O. The molecule has 0 saturated carbocycles. The number of hydrogen-bond acceptors (Lipinski definition) is 4. The van der Waals surface area contributed by atoms with E-state index in [1.54, 1.807) is 6.07 Å². The normalized spacial score (nSPS) is 10.4. The molecule has 0 unspecified atom stereocenters. The third-order valence-corrected chi connectivity index (χ3v) is 3.95. The maximum absolute atomic E-state index is 12.4. The summed E-state index contributed by atoms with van der Waals surface area (Å²) in [4.78, 5) is 21.1. The summed E-state index contributed by atoms with van der Waals surface area (Å²) in [5.74, 6) is 0.244. The summed E-state index contributed by atoms with van der Waals surface area (Å²) < 4.78 is 0. The average molecular weight is 346 g/mol. The van der Waals surface area contributed by atoms with Crippen LogP contribution in [0.1, 0.15) is 32.9 Å². The van der Waals surface area contributed by atoms with E-state index in [9.17, 15) is 4.79 Å². The summed E-state index contributed by atoms with van der Waals surface area (Å²) in [6.07, 6.45) is 0. The highest BCUT2D eigenvalue weighted by atomic mass is 16.1. The molecule has 3 rings (SSSR count). The van der Waals surface area contributed by atoms with Crippen molar-refractivity contribution in [1.82, 2.24) is 15.3 Å². The zero-order chi connectivity index (χ0) is 18.4. The fourth-order valence-electron chi connectivity index (χ4n) is 2.52. The Hall–Kier alpha value is -3.21. The minimum atomic E-state index is -0.210. The van der Waals surface area contributed by atoms with E-state index in [1.165, 1.54) is 5.56 Å². The largest absolute Gasteiger partial charge is 0.350 e. The molecule has 0 bridgehead atoms. The van der Waals surface area contributed by atoms with Gasteiger partial charge in [0.15, 0.2) is 0 Å². The number of hydrogen-bond donors (Lipinski definition) is 2. The lowest BCUT2D eigenvalue weighted by Crippen LogP contribution is -2.24. The van der Waals surface area contributed by atoms with Gasteiger partial charge in [0.25, 0.3) is 5.91 Å². The van der Waals surface area contributed by atoms with Gasteiger partial charge in [-0.15, -0.1) is 0 Å². The minimum absolute atomic E-state index is 0.210. The minimum Gasteiger partial charge on any atom is -0.350 e. The van der Waals surface area contributed by atoms with Crippen LogP contribution < -0.4 is 10.6 Å². The van der Waals surface area contributed by atoms with E-state index >= 15 is 0 Å². The van der Waals surface area contributed by atoms with Crippen molar-refractivity contribution in [3.63, 3.8) is 0 Å². The maximum Gasteiger partial charge on any atom is 0.270 e. The summed E-state index contributed by atoms with van der Waals surface area (Å²) in [5.41, 5.74) is 4.51. The van der Waals surface area contributed by atoms with Crippen molar-refractivity contribution in [2.75, 3.05) is 5.32 Å². The van der Waals surface area contributed by atoms with Crippen molar-refractivity contribution in [3.05, 3.63) is 88.7 Å². The van der Waals surface area contributed by atoms with E-state index in [0.717, 1.165) is 16.8 Å². The highest BCUT2D eigenvalue weighted by molar-refractivity contribution is 5.92. The molecule has 0 aliphatic heterocycles. The Labute approximate surface area is 153 Å². The van der Waals surface area contributed by atoms with Gasteiger partial charge >= 0.3 is 0 Å². The van der Waals surface area contributed by atoms with Gasteiger partial charge in [-0.3, -0.25) is 4.79 Å². The van der Waals surface area contributed by atoms with Gasteiger partial charge in [-0.1, -0.05) is 60.2 Å². The van der Waals surface area contributed by atoms with Gasteiger partial charge in [-0.25, -0.2) is 9.97 Å². The van der Waals surface area contributed by atoms with Gasteiger partial charge in [-0.05, 0) is 31.0 Å². The molecular weight excluding hydrogens is 324 g/mol. The second-order valence-corrected chi connectivity index (χ2v) is 6.23. The van der Waals surface area contributed by atoms with Crippen LogP contribution >= 0.6 is 0 Å².